The van der Waals surface area contributed by atoms with E-state index in [1.165, 1.54) is 0 Å². The number of ether oxygens (including phenoxy) is 2. The molecular formula is C15H15Cl2NO2. The van der Waals surface area contributed by atoms with Crippen molar-refractivity contribution in [1.29, 1.82) is 0 Å². The van der Waals surface area contributed by atoms with E-state index in [-0.39, 0.29) is 6.04 Å². The van der Waals surface area contributed by atoms with Crippen LogP contribution in [0.3, 0.4) is 0 Å². The minimum atomic E-state index is -0.388. The number of nitrogens with two attached hydrogens (primary N) is 1. The molecule has 0 aromatic heterocycles. The molecule has 106 valence electrons. The average molecular weight is 312 g/mol. The van der Waals surface area contributed by atoms with Gasteiger partial charge in [0, 0.05) is 11.1 Å². The molecule has 0 fully saturated rings. The summed E-state index contributed by atoms with van der Waals surface area (Å²) in [4.78, 5) is 0. The van der Waals surface area contributed by atoms with Gasteiger partial charge in [0.2, 0.25) is 0 Å². The van der Waals surface area contributed by atoms with Crippen molar-refractivity contribution in [2.75, 3.05) is 14.2 Å². The molecule has 0 aliphatic heterocycles. The fourth-order valence-corrected chi connectivity index (χ4v) is 2.47. The molecule has 2 rings (SSSR count). The Kier molecular flexibility index (Phi) is 4.76. The molecule has 5 heteroatoms. The Labute approximate surface area is 128 Å². The van der Waals surface area contributed by atoms with Crippen LogP contribution in [0.2, 0.25) is 10.0 Å². The number of rotatable bonds is 4. The second-order valence-electron chi connectivity index (χ2n) is 4.26. The van der Waals surface area contributed by atoms with E-state index in [4.69, 9.17) is 38.4 Å². The Morgan fingerprint density at radius 1 is 1.00 bits per heavy atom. The van der Waals surface area contributed by atoms with Crippen LogP contribution in [0, 0.1) is 0 Å². The Bertz CT molecular complexity index is 617. The largest absolute Gasteiger partial charge is 0.497 e. The summed E-state index contributed by atoms with van der Waals surface area (Å²) in [6.45, 7) is 0. The van der Waals surface area contributed by atoms with Gasteiger partial charge >= 0.3 is 0 Å². The van der Waals surface area contributed by atoms with E-state index in [0.29, 0.717) is 15.8 Å². The van der Waals surface area contributed by atoms with Crippen LogP contribution in [0.1, 0.15) is 17.2 Å². The fraction of sp³-hybridized carbons (Fsp3) is 0.200. The van der Waals surface area contributed by atoms with Gasteiger partial charge in [-0.2, -0.15) is 0 Å². The predicted molar refractivity (Wildman–Crippen MR) is 82.0 cm³/mol. The van der Waals surface area contributed by atoms with Crippen molar-refractivity contribution in [1.82, 2.24) is 0 Å². The molecule has 0 spiro atoms. The topological polar surface area (TPSA) is 44.5 Å². The van der Waals surface area contributed by atoms with Crippen molar-refractivity contribution in [2.24, 2.45) is 5.73 Å². The highest BCUT2D eigenvalue weighted by Gasteiger charge is 2.16. The Morgan fingerprint density at radius 3 is 2.40 bits per heavy atom. The summed E-state index contributed by atoms with van der Waals surface area (Å²) in [6, 6.07) is 10.5. The van der Waals surface area contributed by atoms with Crippen molar-refractivity contribution < 1.29 is 9.47 Å². The van der Waals surface area contributed by atoms with E-state index >= 15 is 0 Å². The first-order chi connectivity index (χ1) is 9.56. The Morgan fingerprint density at radius 2 is 1.75 bits per heavy atom. The van der Waals surface area contributed by atoms with Crippen LogP contribution in [-0.2, 0) is 0 Å². The zero-order valence-corrected chi connectivity index (χ0v) is 12.7. The first kappa shape index (κ1) is 15.0. The molecule has 0 saturated carbocycles. The van der Waals surface area contributed by atoms with Crippen LogP contribution in [-0.4, -0.2) is 14.2 Å². The lowest BCUT2D eigenvalue weighted by Crippen LogP contribution is -2.12. The SMILES string of the molecule is COc1cccc(C(N)c2cc(Cl)c(OC)cc2Cl)c1. The second-order valence-corrected chi connectivity index (χ2v) is 5.08. The van der Waals surface area contributed by atoms with Crippen molar-refractivity contribution in [3.05, 3.63) is 57.6 Å². The third-order valence-electron chi connectivity index (χ3n) is 3.06. The highest BCUT2D eigenvalue weighted by molar-refractivity contribution is 6.34. The van der Waals surface area contributed by atoms with Gasteiger partial charge in [-0.3, -0.25) is 0 Å². The quantitative estimate of drug-likeness (QED) is 0.926. The van der Waals surface area contributed by atoms with Crippen LogP contribution in [0.15, 0.2) is 36.4 Å². The second kappa shape index (κ2) is 6.35. The van der Waals surface area contributed by atoms with Gasteiger partial charge in [-0.05, 0) is 29.3 Å². The lowest BCUT2D eigenvalue weighted by molar-refractivity contribution is 0.413. The predicted octanol–water partition coefficient (Wildman–Crippen LogP) is 4.06. The van der Waals surface area contributed by atoms with E-state index < -0.39 is 0 Å². The standard InChI is InChI=1S/C15H15Cl2NO2/c1-19-10-5-3-4-9(6-10)15(18)11-7-13(17)14(20-2)8-12(11)16/h3-8,15H,18H2,1-2H3. The maximum Gasteiger partial charge on any atom is 0.138 e. The van der Waals surface area contributed by atoms with Gasteiger partial charge in [0.1, 0.15) is 11.5 Å². The lowest BCUT2D eigenvalue weighted by atomic mass is 9.99. The Hall–Kier alpha value is -1.42. The maximum atomic E-state index is 6.26. The summed E-state index contributed by atoms with van der Waals surface area (Å²) in [5.74, 6) is 1.27. The molecule has 0 aliphatic rings. The molecule has 1 atom stereocenters. The van der Waals surface area contributed by atoms with Crippen LogP contribution in [0.4, 0.5) is 0 Å². The van der Waals surface area contributed by atoms with E-state index in [9.17, 15) is 0 Å². The van der Waals surface area contributed by atoms with Gasteiger partial charge in [-0.1, -0.05) is 35.3 Å². The fourth-order valence-electron chi connectivity index (χ4n) is 1.95. The zero-order chi connectivity index (χ0) is 14.7. The van der Waals surface area contributed by atoms with E-state index in [2.05, 4.69) is 0 Å². The molecule has 3 nitrogen and oxygen atoms in total. The van der Waals surface area contributed by atoms with E-state index in [1.807, 2.05) is 24.3 Å². The summed E-state index contributed by atoms with van der Waals surface area (Å²) in [5, 5.41) is 0.992. The highest BCUT2D eigenvalue weighted by atomic mass is 35.5. The van der Waals surface area contributed by atoms with Crippen molar-refractivity contribution >= 4 is 23.2 Å². The zero-order valence-electron chi connectivity index (χ0n) is 11.2. The molecule has 1 unspecified atom stereocenters. The van der Waals surface area contributed by atoms with E-state index in [1.54, 1.807) is 26.4 Å². The van der Waals surface area contributed by atoms with Crippen LogP contribution < -0.4 is 15.2 Å². The van der Waals surface area contributed by atoms with Gasteiger partial charge in [0.15, 0.2) is 0 Å². The molecule has 2 N–H and O–H groups in total. The van der Waals surface area contributed by atoms with Gasteiger partial charge in [-0.15, -0.1) is 0 Å². The van der Waals surface area contributed by atoms with Crippen molar-refractivity contribution in [3.63, 3.8) is 0 Å². The number of methoxy groups -OCH3 is 2. The van der Waals surface area contributed by atoms with Crippen LogP contribution in [0.25, 0.3) is 0 Å². The molecule has 0 aliphatic carbocycles. The summed E-state index contributed by atoms with van der Waals surface area (Å²) >= 11 is 12.4. The summed E-state index contributed by atoms with van der Waals surface area (Å²) in [6.07, 6.45) is 0. The highest BCUT2D eigenvalue weighted by Crippen LogP contribution is 2.35. The first-order valence-electron chi connectivity index (χ1n) is 5.99. The smallest absolute Gasteiger partial charge is 0.138 e. The first-order valence-corrected chi connectivity index (χ1v) is 6.75. The molecule has 0 bridgehead atoms. The molecule has 2 aromatic carbocycles. The molecule has 0 amide bonds. The normalized spacial score (nSPS) is 12.1. The molecular weight excluding hydrogens is 297 g/mol. The minimum absolute atomic E-state index is 0.388. The average Bonchev–Trinajstić information content (AvgIpc) is 2.48. The monoisotopic (exact) mass is 311 g/mol. The molecule has 0 radical (unpaired) electrons. The number of hydrogen-bond acceptors (Lipinski definition) is 3. The van der Waals surface area contributed by atoms with Crippen molar-refractivity contribution in [2.45, 2.75) is 6.04 Å². The minimum Gasteiger partial charge on any atom is -0.497 e. The van der Waals surface area contributed by atoms with Crippen LogP contribution >= 0.6 is 23.2 Å². The summed E-state index contributed by atoms with van der Waals surface area (Å²) < 4.78 is 10.3. The van der Waals surface area contributed by atoms with E-state index in [0.717, 1.165) is 16.9 Å². The number of halogens is 2. The summed E-state index contributed by atoms with van der Waals surface area (Å²) in [5.41, 5.74) is 7.90. The Balaban J connectivity index is 2.42. The molecule has 2 aromatic rings. The molecule has 0 heterocycles. The maximum absolute atomic E-state index is 6.26. The third kappa shape index (κ3) is 3.01. The van der Waals surface area contributed by atoms with Gasteiger partial charge in [-0.25, -0.2) is 0 Å². The molecule has 20 heavy (non-hydrogen) atoms. The summed E-state index contributed by atoms with van der Waals surface area (Å²) in [7, 11) is 3.15. The number of benzene rings is 2. The number of hydrogen-bond donors (Lipinski definition) is 1. The van der Waals surface area contributed by atoms with Crippen LogP contribution in [0.5, 0.6) is 11.5 Å². The van der Waals surface area contributed by atoms with Crippen molar-refractivity contribution in [3.8, 4) is 11.5 Å². The van der Waals surface area contributed by atoms with Gasteiger partial charge < -0.3 is 15.2 Å². The van der Waals surface area contributed by atoms with Gasteiger partial charge in [0.25, 0.3) is 0 Å². The third-order valence-corrected chi connectivity index (χ3v) is 3.68. The molecule has 0 saturated heterocycles. The van der Waals surface area contributed by atoms with Gasteiger partial charge in [0.05, 0.1) is 25.3 Å². The lowest BCUT2D eigenvalue weighted by Gasteiger charge is -2.16.